The predicted octanol–water partition coefficient (Wildman–Crippen LogP) is -0.616. The summed E-state index contributed by atoms with van der Waals surface area (Å²) in [6, 6.07) is -0.573. The summed E-state index contributed by atoms with van der Waals surface area (Å²) in [5.74, 6) is 4.94. The number of alkyl halides is 1. The van der Waals surface area contributed by atoms with E-state index in [0.29, 0.717) is 0 Å². The minimum atomic E-state index is -0.573. The molecular weight excluding hydrogens is 144 g/mol. The topological polar surface area (TPSA) is 79.5 Å². The molecule has 0 heterocycles. The van der Waals surface area contributed by atoms with Gasteiger partial charge in [0.2, 0.25) is 0 Å². The highest BCUT2D eigenvalue weighted by Crippen LogP contribution is 1.65. The molecular formula is C3H7ClN4O. The molecule has 2 amide bonds. The van der Waals surface area contributed by atoms with E-state index in [-0.39, 0.29) is 5.88 Å². The van der Waals surface area contributed by atoms with Crippen LogP contribution in [0, 0.1) is 0 Å². The SMILES string of the molecule is NNC(=O)NN=CCCl. The van der Waals surface area contributed by atoms with Gasteiger partial charge in [-0.25, -0.2) is 16.1 Å². The Hall–Kier alpha value is -0.810. The van der Waals surface area contributed by atoms with Crippen LogP contribution in [0.2, 0.25) is 0 Å². The van der Waals surface area contributed by atoms with Gasteiger partial charge < -0.3 is 0 Å². The van der Waals surface area contributed by atoms with E-state index in [1.165, 1.54) is 6.21 Å². The Morgan fingerprint density at radius 1 is 1.89 bits per heavy atom. The van der Waals surface area contributed by atoms with E-state index < -0.39 is 6.03 Å². The monoisotopic (exact) mass is 150 g/mol. The highest BCUT2D eigenvalue weighted by Gasteiger charge is 1.87. The largest absolute Gasteiger partial charge is 0.349 e. The molecule has 0 aliphatic carbocycles. The van der Waals surface area contributed by atoms with E-state index in [2.05, 4.69) is 10.9 Å². The van der Waals surface area contributed by atoms with Gasteiger partial charge in [-0.2, -0.15) is 5.10 Å². The molecule has 0 fully saturated rings. The van der Waals surface area contributed by atoms with Crippen molar-refractivity contribution >= 4 is 23.8 Å². The first-order valence-electron chi connectivity index (χ1n) is 2.15. The third-order valence-corrected chi connectivity index (χ3v) is 0.595. The number of urea groups is 1. The third kappa shape index (κ3) is 5.05. The molecule has 52 valence electrons. The van der Waals surface area contributed by atoms with Crippen molar-refractivity contribution in [3.8, 4) is 0 Å². The number of nitrogens with one attached hydrogen (secondary N) is 2. The summed E-state index contributed by atoms with van der Waals surface area (Å²) in [7, 11) is 0. The number of amides is 2. The van der Waals surface area contributed by atoms with Crippen molar-refractivity contribution in [2.45, 2.75) is 0 Å². The number of nitrogens with zero attached hydrogens (tertiary/aromatic N) is 1. The van der Waals surface area contributed by atoms with Gasteiger partial charge in [-0.3, -0.25) is 5.43 Å². The highest BCUT2D eigenvalue weighted by molar-refractivity contribution is 6.24. The van der Waals surface area contributed by atoms with Gasteiger partial charge in [-0.05, 0) is 0 Å². The lowest BCUT2D eigenvalue weighted by Crippen LogP contribution is -2.37. The number of carbonyl (C=O) groups excluding carboxylic acids is 1. The number of hydrazone groups is 1. The minimum Gasteiger partial charge on any atom is -0.274 e. The fourth-order valence-electron chi connectivity index (χ4n) is 0.171. The number of nitrogens with two attached hydrogens (primary N) is 1. The van der Waals surface area contributed by atoms with E-state index in [0.717, 1.165) is 0 Å². The molecule has 0 aliphatic heterocycles. The molecule has 0 aliphatic rings. The fraction of sp³-hybridized carbons (Fsp3) is 0.333. The molecule has 0 aromatic rings. The second-order valence-corrected chi connectivity index (χ2v) is 1.36. The van der Waals surface area contributed by atoms with Crippen LogP contribution in [0.1, 0.15) is 0 Å². The molecule has 0 radical (unpaired) electrons. The zero-order valence-corrected chi connectivity index (χ0v) is 5.35. The lowest BCUT2D eigenvalue weighted by atomic mass is 10.9. The van der Waals surface area contributed by atoms with Crippen molar-refractivity contribution in [2.24, 2.45) is 10.9 Å². The van der Waals surface area contributed by atoms with Gasteiger partial charge in [0.1, 0.15) is 0 Å². The maximum absolute atomic E-state index is 10.2. The van der Waals surface area contributed by atoms with Gasteiger partial charge in [-0.15, -0.1) is 11.6 Å². The van der Waals surface area contributed by atoms with Crippen molar-refractivity contribution in [3.63, 3.8) is 0 Å². The summed E-state index contributed by atoms with van der Waals surface area (Å²) in [5, 5.41) is 3.36. The molecule has 0 bridgehead atoms. The Morgan fingerprint density at radius 3 is 3.00 bits per heavy atom. The van der Waals surface area contributed by atoms with E-state index in [4.69, 9.17) is 11.6 Å². The summed E-state index contributed by atoms with van der Waals surface area (Å²) in [4.78, 5) is 10.2. The normalized spacial score (nSPS) is 9.56. The predicted molar refractivity (Wildman–Crippen MR) is 35.1 cm³/mol. The number of halogens is 1. The molecule has 0 rings (SSSR count). The summed E-state index contributed by atoms with van der Waals surface area (Å²) in [6.45, 7) is 0. The first kappa shape index (κ1) is 8.19. The molecule has 0 aromatic carbocycles. The fourth-order valence-corrected chi connectivity index (χ4v) is 0.240. The van der Waals surface area contributed by atoms with Crippen LogP contribution in [0.5, 0.6) is 0 Å². The highest BCUT2D eigenvalue weighted by atomic mass is 35.5. The Balaban J connectivity index is 3.26. The molecule has 0 spiro atoms. The average molecular weight is 151 g/mol. The Labute approximate surface area is 57.2 Å². The maximum Gasteiger partial charge on any atom is 0.349 e. The number of hydrazine groups is 1. The van der Waals surface area contributed by atoms with Gasteiger partial charge in [0.05, 0.1) is 5.88 Å². The molecule has 9 heavy (non-hydrogen) atoms. The first-order valence-corrected chi connectivity index (χ1v) is 2.68. The molecule has 0 saturated carbocycles. The Bertz CT molecular complexity index is 114. The van der Waals surface area contributed by atoms with Gasteiger partial charge in [-0.1, -0.05) is 0 Å². The molecule has 5 nitrogen and oxygen atoms in total. The maximum atomic E-state index is 10.2. The first-order chi connectivity index (χ1) is 4.31. The molecule has 0 aromatic heterocycles. The minimum absolute atomic E-state index is 0.255. The number of carbonyl (C=O) groups is 1. The van der Waals surface area contributed by atoms with Crippen LogP contribution < -0.4 is 16.7 Å². The van der Waals surface area contributed by atoms with Crippen molar-refractivity contribution in [1.82, 2.24) is 10.9 Å². The van der Waals surface area contributed by atoms with E-state index >= 15 is 0 Å². The lowest BCUT2D eigenvalue weighted by molar-refractivity contribution is 0.241. The van der Waals surface area contributed by atoms with E-state index in [1.54, 1.807) is 0 Å². The second kappa shape index (κ2) is 5.33. The zero-order chi connectivity index (χ0) is 7.11. The van der Waals surface area contributed by atoms with Crippen LogP contribution in [-0.2, 0) is 0 Å². The van der Waals surface area contributed by atoms with Crippen LogP contribution in [0.25, 0.3) is 0 Å². The quantitative estimate of drug-likeness (QED) is 0.161. The molecule has 0 atom stereocenters. The van der Waals surface area contributed by atoms with Crippen molar-refractivity contribution in [2.75, 3.05) is 5.88 Å². The average Bonchev–Trinajstić information content (AvgIpc) is 1.89. The second-order valence-electron chi connectivity index (χ2n) is 1.05. The summed E-state index contributed by atoms with van der Waals surface area (Å²) >= 11 is 5.18. The molecule has 6 heteroatoms. The smallest absolute Gasteiger partial charge is 0.274 e. The van der Waals surface area contributed by atoms with Gasteiger partial charge in [0.25, 0.3) is 0 Å². The van der Waals surface area contributed by atoms with Crippen molar-refractivity contribution in [3.05, 3.63) is 0 Å². The number of hydrogen-bond acceptors (Lipinski definition) is 3. The van der Waals surface area contributed by atoms with Crippen LogP contribution in [-0.4, -0.2) is 18.1 Å². The van der Waals surface area contributed by atoms with Crippen molar-refractivity contribution < 1.29 is 4.79 Å². The van der Waals surface area contributed by atoms with Crippen LogP contribution >= 0.6 is 11.6 Å². The third-order valence-electron chi connectivity index (χ3n) is 0.457. The van der Waals surface area contributed by atoms with Gasteiger partial charge in [0, 0.05) is 6.21 Å². The molecule has 0 saturated heterocycles. The zero-order valence-electron chi connectivity index (χ0n) is 4.60. The Kier molecular flexibility index (Phi) is 4.85. The number of hydrogen-bond donors (Lipinski definition) is 3. The summed E-state index contributed by atoms with van der Waals surface area (Å²) < 4.78 is 0. The van der Waals surface area contributed by atoms with Crippen molar-refractivity contribution in [1.29, 1.82) is 0 Å². The summed E-state index contributed by atoms with van der Waals surface area (Å²) in [5.41, 5.74) is 3.86. The van der Waals surface area contributed by atoms with E-state index in [9.17, 15) is 4.79 Å². The summed E-state index contributed by atoms with van der Waals surface area (Å²) in [6.07, 6.45) is 1.33. The van der Waals surface area contributed by atoms with Crippen LogP contribution in [0.15, 0.2) is 5.10 Å². The van der Waals surface area contributed by atoms with Gasteiger partial charge in [0.15, 0.2) is 0 Å². The number of rotatable bonds is 2. The molecule has 4 N–H and O–H groups in total. The van der Waals surface area contributed by atoms with Crippen LogP contribution in [0.3, 0.4) is 0 Å². The Morgan fingerprint density at radius 2 is 2.56 bits per heavy atom. The van der Waals surface area contributed by atoms with E-state index in [1.807, 2.05) is 10.9 Å². The van der Waals surface area contributed by atoms with Gasteiger partial charge >= 0.3 is 6.03 Å². The lowest BCUT2D eigenvalue weighted by Gasteiger charge is -1.93. The van der Waals surface area contributed by atoms with Crippen LogP contribution in [0.4, 0.5) is 4.79 Å². The standard InChI is InChI=1S/C3H7ClN4O/c4-1-2-6-8-3(9)7-5/h2H,1,5H2,(H2,7,8,9). The molecule has 0 unspecified atom stereocenters.